The van der Waals surface area contributed by atoms with Gasteiger partial charge >= 0.3 is 0 Å². The predicted molar refractivity (Wildman–Crippen MR) is 81.5 cm³/mol. The second kappa shape index (κ2) is 5.63. The van der Waals surface area contributed by atoms with E-state index >= 15 is 0 Å². The summed E-state index contributed by atoms with van der Waals surface area (Å²) in [6, 6.07) is 12.0. The zero-order valence-electron chi connectivity index (χ0n) is 10.4. The molecule has 0 atom stereocenters. The summed E-state index contributed by atoms with van der Waals surface area (Å²) in [5, 5.41) is 11.9. The molecule has 2 aromatic rings. The Labute approximate surface area is 124 Å². The molecule has 0 fully saturated rings. The third kappa shape index (κ3) is 2.90. The van der Waals surface area contributed by atoms with E-state index in [2.05, 4.69) is 21.2 Å². The van der Waals surface area contributed by atoms with Gasteiger partial charge in [-0.1, -0.05) is 0 Å². The minimum atomic E-state index is -0.565. The molecule has 0 aliphatic rings. The Bertz CT molecular complexity index is 722. The molecule has 0 aromatic heterocycles. The fourth-order valence-electron chi connectivity index (χ4n) is 1.71. The lowest BCUT2D eigenvalue weighted by Crippen LogP contribution is -2.13. The van der Waals surface area contributed by atoms with E-state index < -0.39 is 5.91 Å². The zero-order valence-corrected chi connectivity index (χ0v) is 11.9. The lowest BCUT2D eigenvalue weighted by atomic mass is 10.1. The monoisotopic (exact) mass is 330 g/mol. The van der Waals surface area contributed by atoms with Crippen LogP contribution in [0.15, 0.2) is 40.9 Å². The number of rotatable bonds is 3. The molecular formula is C14H11BrN4O. The van der Waals surface area contributed by atoms with E-state index in [1.165, 1.54) is 6.07 Å². The van der Waals surface area contributed by atoms with Crippen LogP contribution in [0.3, 0.4) is 0 Å². The minimum absolute atomic E-state index is 0.307. The molecule has 0 heterocycles. The number of nitriles is 1. The van der Waals surface area contributed by atoms with Crippen molar-refractivity contribution in [3.05, 3.63) is 52.0 Å². The van der Waals surface area contributed by atoms with Crippen LogP contribution in [-0.4, -0.2) is 5.91 Å². The van der Waals surface area contributed by atoms with E-state index in [9.17, 15) is 4.79 Å². The first-order valence-corrected chi connectivity index (χ1v) is 6.46. The van der Waals surface area contributed by atoms with E-state index in [1.807, 2.05) is 6.07 Å². The quantitative estimate of drug-likeness (QED) is 0.752. The highest BCUT2D eigenvalue weighted by Gasteiger charge is 2.10. The van der Waals surface area contributed by atoms with Crippen LogP contribution in [0.5, 0.6) is 0 Å². The number of halogens is 1. The van der Waals surface area contributed by atoms with Crippen molar-refractivity contribution in [2.75, 3.05) is 11.1 Å². The first kappa shape index (κ1) is 13.9. The SMILES string of the molecule is N#Cc1ccc(Nc2ccc(N)cc2C(N)=O)c(Br)c1. The Hall–Kier alpha value is -2.52. The van der Waals surface area contributed by atoms with E-state index in [4.69, 9.17) is 16.7 Å². The molecule has 6 heteroatoms. The molecule has 100 valence electrons. The summed E-state index contributed by atoms with van der Waals surface area (Å²) < 4.78 is 0.712. The number of nitrogen functional groups attached to an aromatic ring is 1. The molecule has 0 aliphatic heterocycles. The van der Waals surface area contributed by atoms with E-state index in [-0.39, 0.29) is 0 Å². The van der Waals surface area contributed by atoms with Gasteiger partial charge in [-0.05, 0) is 52.3 Å². The number of amides is 1. The van der Waals surface area contributed by atoms with Gasteiger partial charge in [0.1, 0.15) is 0 Å². The van der Waals surface area contributed by atoms with Gasteiger partial charge in [-0.2, -0.15) is 5.26 Å². The first-order valence-electron chi connectivity index (χ1n) is 5.67. The molecule has 2 aromatic carbocycles. The Morgan fingerprint density at radius 3 is 2.50 bits per heavy atom. The molecule has 0 radical (unpaired) electrons. The van der Waals surface area contributed by atoms with Gasteiger partial charge in [-0.3, -0.25) is 4.79 Å². The number of anilines is 3. The van der Waals surface area contributed by atoms with Gasteiger partial charge < -0.3 is 16.8 Å². The largest absolute Gasteiger partial charge is 0.399 e. The molecule has 5 nitrogen and oxygen atoms in total. The standard InChI is InChI=1S/C14H11BrN4O/c15-11-5-8(7-16)1-3-13(11)19-12-4-2-9(17)6-10(12)14(18)20/h1-6,19H,17H2,(H2,18,20). The summed E-state index contributed by atoms with van der Waals surface area (Å²) >= 11 is 3.37. The maximum Gasteiger partial charge on any atom is 0.250 e. The van der Waals surface area contributed by atoms with Gasteiger partial charge in [0.25, 0.3) is 5.91 Å². The average Bonchev–Trinajstić information content (AvgIpc) is 2.42. The van der Waals surface area contributed by atoms with Crippen LogP contribution in [0.25, 0.3) is 0 Å². The number of nitrogens with zero attached hydrogens (tertiary/aromatic N) is 1. The van der Waals surface area contributed by atoms with Gasteiger partial charge in [0.05, 0.1) is 28.6 Å². The van der Waals surface area contributed by atoms with Crippen molar-refractivity contribution in [2.45, 2.75) is 0 Å². The molecule has 0 saturated carbocycles. The maximum absolute atomic E-state index is 11.4. The molecule has 1 amide bonds. The molecule has 0 aliphatic carbocycles. The second-order valence-electron chi connectivity index (χ2n) is 4.10. The summed E-state index contributed by atoms with van der Waals surface area (Å²) in [4.78, 5) is 11.4. The number of carbonyl (C=O) groups is 1. The second-order valence-corrected chi connectivity index (χ2v) is 4.96. The zero-order chi connectivity index (χ0) is 14.7. The summed E-state index contributed by atoms with van der Waals surface area (Å²) in [6.07, 6.45) is 0. The number of hydrogen-bond donors (Lipinski definition) is 3. The Kier molecular flexibility index (Phi) is 3.91. The van der Waals surface area contributed by atoms with Crippen LogP contribution in [-0.2, 0) is 0 Å². The highest BCUT2D eigenvalue weighted by atomic mass is 79.9. The molecule has 5 N–H and O–H groups in total. The Morgan fingerprint density at radius 2 is 1.90 bits per heavy atom. The number of hydrogen-bond acceptors (Lipinski definition) is 4. The highest BCUT2D eigenvalue weighted by molar-refractivity contribution is 9.10. The number of nitrogens with one attached hydrogen (secondary N) is 1. The summed E-state index contributed by atoms with van der Waals surface area (Å²) in [5.74, 6) is -0.565. The molecule has 0 saturated heterocycles. The van der Waals surface area contributed by atoms with Crippen molar-refractivity contribution in [1.29, 1.82) is 5.26 Å². The third-order valence-electron chi connectivity index (χ3n) is 2.68. The smallest absolute Gasteiger partial charge is 0.250 e. The van der Waals surface area contributed by atoms with Crippen LogP contribution in [0, 0.1) is 11.3 Å². The third-order valence-corrected chi connectivity index (χ3v) is 3.33. The van der Waals surface area contributed by atoms with Crippen molar-refractivity contribution in [3.8, 4) is 6.07 Å². The van der Waals surface area contributed by atoms with Crippen LogP contribution < -0.4 is 16.8 Å². The number of nitrogens with two attached hydrogens (primary N) is 2. The van der Waals surface area contributed by atoms with Crippen molar-refractivity contribution < 1.29 is 4.79 Å². The van der Waals surface area contributed by atoms with Crippen LogP contribution in [0.4, 0.5) is 17.1 Å². The fraction of sp³-hybridized carbons (Fsp3) is 0. The molecule has 20 heavy (non-hydrogen) atoms. The van der Waals surface area contributed by atoms with Gasteiger partial charge in [-0.25, -0.2) is 0 Å². The Morgan fingerprint density at radius 1 is 1.20 bits per heavy atom. The number of carbonyl (C=O) groups excluding carboxylic acids is 1. The van der Waals surface area contributed by atoms with Crippen LogP contribution in [0.2, 0.25) is 0 Å². The lowest BCUT2D eigenvalue weighted by molar-refractivity contribution is 0.100. The summed E-state index contributed by atoms with van der Waals surface area (Å²) in [6.45, 7) is 0. The highest BCUT2D eigenvalue weighted by Crippen LogP contribution is 2.29. The van der Waals surface area contributed by atoms with Gasteiger partial charge in [0.2, 0.25) is 0 Å². The normalized spacial score (nSPS) is 9.80. The van der Waals surface area contributed by atoms with E-state index in [1.54, 1.807) is 30.3 Å². The average molecular weight is 331 g/mol. The van der Waals surface area contributed by atoms with Gasteiger partial charge in [0, 0.05) is 10.2 Å². The fourth-order valence-corrected chi connectivity index (χ4v) is 2.18. The molecular weight excluding hydrogens is 320 g/mol. The predicted octanol–water partition coefficient (Wildman–Crippen LogP) is 2.75. The van der Waals surface area contributed by atoms with Crippen LogP contribution in [0.1, 0.15) is 15.9 Å². The van der Waals surface area contributed by atoms with Crippen LogP contribution >= 0.6 is 15.9 Å². The van der Waals surface area contributed by atoms with E-state index in [0.717, 1.165) is 5.69 Å². The molecule has 0 bridgehead atoms. The van der Waals surface area contributed by atoms with Gasteiger partial charge in [-0.15, -0.1) is 0 Å². The summed E-state index contributed by atoms with van der Waals surface area (Å²) in [7, 11) is 0. The molecule has 0 spiro atoms. The molecule has 0 unspecified atom stereocenters. The van der Waals surface area contributed by atoms with Crippen molar-refractivity contribution in [1.82, 2.24) is 0 Å². The van der Waals surface area contributed by atoms with Crippen molar-refractivity contribution in [2.24, 2.45) is 5.73 Å². The number of primary amides is 1. The van der Waals surface area contributed by atoms with Gasteiger partial charge in [0.15, 0.2) is 0 Å². The van der Waals surface area contributed by atoms with E-state index in [0.29, 0.717) is 27.0 Å². The topological polar surface area (TPSA) is 105 Å². The Balaban J connectivity index is 2.40. The minimum Gasteiger partial charge on any atom is -0.399 e. The summed E-state index contributed by atoms with van der Waals surface area (Å²) in [5.41, 5.74) is 13.6. The maximum atomic E-state index is 11.4. The lowest BCUT2D eigenvalue weighted by Gasteiger charge is -2.12. The van der Waals surface area contributed by atoms with Crippen molar-refractivity contribution in [3.63, 3.8) is 0 Å². The van der Waals surface area contributed by atoms with Crippen molar-refractivity contribution >= 4 is 38.9 Å². The molecule has 2 rings (SSSR count). The number of benzene rings is 2. The first-order chi connectivity index (χ1) is 9.51.